The van der Waals surface area contributed by atoms with Crippen LogP contribution < -0.4 is 11.0 Å². The van der Waals surface area contributed by atoms with Crippen molar-refractivity contribution in [1.82, 2.24) is 9.97 Å². The summed E-state index contributed by atoms with van der Waals surface area (Å²) >= 11 is 0. The van der Waals surface area contributed by atoms with Crippen LogP contribution in [0.15, 0.2) is 58.4 Å². The first-order valence-corrected chi connectivity index (χ1v) is 6.27. The molecule has 0 bridgehead atoms. The number of para-hydroxylation sites is 1. The number of aromatic nitrogens is 2. The summed E-state index contributed by atoms with van der Waals surface area (Å²) in [6, 6.07) is 13.2. The summed E-state index contributed by atoms with van der Waals surface area (Å²) in [6.07, 6.45) is 1.32. The molecule has 0 amide bonds. The number of aromatic amines is 1. The molecule has 0 unspecified atom stereocenters. The van der Waals surface area contributed by atoms with E-state index in [0.717, 1.165) is 0 Å². The summed E-state index contributed by atoms with van der Waals surface area (Å²) in [4.78, 5) is 18.6. The van der Waals surface area contributed by atoms with Crippen LogP contribution in [0.2, 0.25) is 0 Å². The maximum atomic E-state index is 13.4. The molecule has 3 aromatic rings. The van der Waals surface area contributed by atoms with Crippen LogP contribution in [0, 0.1) is 5.82 Å². The summed E-state index contributed by atoms with van der Waals surface area (Å²) < 4.78 is 13.4. The van der Waals surface area contributed by atoms with E-state index in [9.17, 15) is 9.18 Å². The van der Waals surface area contributed by atoms with E-state index in [0.29, 0.717) is 16.5 Å². The molecular weight excluding hydrogens is 271 g/mol. The number of rotatable bonds is 3. The quantitative estimate of drug-likeness (QED) is 0.573. The third-order valence-electron chi connectivity index (χ3n) is 2.89. The average Bonchev–Trinajstić information content (AvgIpc) is 2.49. The molecule has 1 aromatic heterocycles. The highest BCUT2D eigenvalue weighted by molar-refractivity contribution is 5.81. The van der Waals surface area contributed by atoms with Crippen molar-refractivity contribution in [1.29, 1.82) is 0 Å². The van der Waals surface area contributed by atoms with Crippen molar-refractivity contribution < 1.29 is 4.39 Å². The third-order valence-corrected chi connectivity index (χ3v) is 2.89. The lowest BCUT2D eigenvalue weighted by atomic mass is 10.2. The molecule has 5 nitrogen and oxygen atoms in total. The second-order valence-electron chi connectivity index (χ2n) is 4.32. The second-order valence-corrected chi connectivity index (χ2v) is 4.32. The Hall–Kier alpha value is -3.02. The Morgan fingerprint density at radius 2 is 1.90 bits per heavy atom. The molecule has 0 saturated heterocycles. The fourth-order valence-corrected chi connectivity index (χ4v) is 1.88. The number of halogens is 1. The van der Waals surface area contributed by atoms with E-state index in [4.69, 9.17) is 0 Å². The topological polar surface area (TPSA) is 70.1 Å². The predicted molar refractivity (Wildman–Crippen MR) is 80.0 cm³/mol. The minimum atomic E-state index is -0.372. The smallest absolute Gasteiger partial charge is 0.260 e. The van der Waals surface area contributed by atoms with Crippen molar-refractivity contribution in [3.05, 3.63) is 70.3 Å². The summed E-state index contributed by atoms with van der Waals surface area (Å²) in [6.45, 7) is 0. The van der Waals surface area contributed by atoms with Crippen LogP contribution >= 0.6 is 0 Å². The Labute approximate surface area is 119 Å². The van der Waals surface area contributed by atoms with Gasteiger partial charge < -0.3 is 0 Å². The van der Waals surface area contributed by atoms with Gasteiger partial charge in [0, 0.05) is 5.56 Å². The Morgan fingerprint density at radius 1 is 1.14 bits per heavy atom. The molecule has 6 heteroatoms. The molecule has 1 heterocycles. The molecular formula is C15H11FN4O. The van der Waals surface area contributed by atoms with E-state index in [-0.39, 0.29) is 17.3 Å². The highest BCUT2D eigenvalue weighted by Gasteiger charge is 2.02. The molecule has 21 heavy (non-hydrogen) atoms. The summed E-state index contributed by atoms with van der Waals surface area (Å²) in [7, 11) is 0. The molecule has 0 aliphatic rings. The normalized spacial score (nSPS) is 11.1. The van der Waals surface area contributed by atoms with Gasteiger partial charge >= 0.3 is 0 Å². The van der Waals surface area contributed by atoms with Crippen molar-refractivity contribution in [2.45, 2.75) is 0 Å². The van der Waals surface area contributed by atoms with E-state index in [1.165, 1.54) is 12.3 Å². The number of H-pyrrole nitrogens is 1. The van der Waals surface area contributed by atoms with Crippen LogP contribution in [0.25, 0.3) is 10.9 Å². The van der Waals surface area contributed by atoms with Gasteiger partial charge in [-0.1, -0.05) is 30.3 Å². The van der Waals surface area contributed by atoms with Gasteiger partial charge in [0.2, 0.25) is 5.95 Å². The average molecular weight is 282 g/mol. The number of benzene rings is 2. The molecule has 0 fully saturated rings. The maximum absolute atomic E-state index is 13.4. The molecule has 0 atom stereocenters. The zero-order chi connectivity index (χ0) is 14.7. The number of nitrogens with one attached hydrogen (secondary N) is 2. The largest absolute Gasteiger partial charge is 0.291 e. The Kier molecular flexibility index (Phi) is 3.42. The monoisotopic (exact) mass is 282 g/mol. The van der Waals surface area contributed by atoms with Crippen LogP contribution in [-0.2, 0) is 0 Å². The van der Waals surface area contributed by atoms with Crippen LogP contribution in [0.1, 0.15) is 5.56 Å². The molecule has 0 saturated carbocycles. The highest BCUT2D eigenvalue weighted by Crippen LogP contribution is 2.08. The van der Waals surface area contributed by atoms with Gasteiger partial charge in [-0.25, -0.2) is 14.8 Å². The first-order chi connectivity index (χ1) is 10.2. The summed E-state index contributed by atoms with van der Waals surface area (Å²) in [5.74, 6) is -0.172. The first kappa shape index (κ1) is 13.0. The number of hydrogen-bond donors (Lipinski definition) is 2. The molecule has 104 valence electrons. The van der Waals surface area contributed by atoms with Crippen molar-refractivity contribution in [3.63, 3.8) is 0 Å². The van der Waals surface area contributed by atoms with Gasteiger partial charge in [0.1, 0.15) is 5.82 Å². The van der Waals surface area contributed by atoms with Crippen molar-refractivity contribution in [2.75, 3.05) is 5.43 Å². The molecule has 0 aliphatic heterocycles. The Balaban J connectivity index is 1.86. The van der Waals surface area contributed by atoms with Crippen LogP contribution in [0.4, 0.5) is 10.3 Å². The fourth-order valence-electron chi connectivity index (χ4n) is 1.88. The minimum absolute atomic E-state index is 0.200. The molecule has 0 radical (unpaired) electrons. The van der Waals surface area contributed by atoms with Crippen LogP contribution in [0.5, 0.6) is 0 Å². The van der Waals surface area contributed by atoms with Gasteiger partial charge in [0.05, 0.1) is 17.1 Å². The van der Waals surface area contributed by atoms with Gasteiger partial charge in [-0.3, -0.25) is 9.78 Å². The number of hydrogen-bond acceptors (Lipinski definition) is 4. The molecule has 2 aromatic carbocycles. The minimum Gasteiger partial charge on any atom is -0.291 e. The number of hydrazone groups is 1. The zero-order valence-corrected chi connectivity index (χ0v) is 10.9. The Bertz CT molecular complexity index is 873. The summed E-state index contributed by atoms with van der Waals surface area (Å²) in [5.41, 5.74) is 3.23. The van der Waals surface area contributed by atoms with Crippen molar-refractivity contribution >= 4 is 23.1 Å². The molecule has 0 spiro atoms. The van der Waals surface area contributed by atoms with E-state index < -0.39 is 0 Å². The van der Waals surface area contributed by atoms with Gasteiger partial charge in [-0.05, 0) is 18.2 Å². The lowest BCUT2D eigenvalue weighted by Gasteiger charge is -2.01. The number of anilines is 1. The summed E-state index contributed by atoms with van der Waals surface area (Å²) in [5, 5.41) is 4.37. The Morgan fingerprint density at radius 3 is 2.76 bits per heavy atom. The van der Waals surface area contributed by atoms with Crippen molar-refractivity contribution in [3.8, 4) is 0 Å². The zero-order valence-electron chi connectivity index (χ0n) is 10.9. The first-order valence-electron chi connectivity index (χ1n) is 6.27. The molecule has 2 N–H and O–H groups in total. The SMILES string of the molecule is O=c1[nH]c(N/N=C/c2ccccc2F)nc2ccccc12. The molecule has 0 aliphatic carbocycles. The maximum Gasteiger partial charge on any atom is 0.260 e. The molecule has 3 rings (SSSR count). The standard InChI is InChI=1S/C15H11FN4O/c16-12-7-3-1-5-10(12)9-17-20-15-18-13-8-4-2-6-11(13)14(21)19-15/h1-9H,(H2,18,19,20,21)/b17-9+. The van der Waals surface area contributed by atoms with Crippen molar-refractivity contribution in [2.24, 2.45) is 5.10 Å². The number of fused-ring (bicyclic) bond motifs is 1. The van der Waals surface area contributed by atoms with Gasteiger partial charge in [0.25, 0.3) is 5.56 Å². The predicted octanol–water partition coefficient (Wildman–Crippen LogP) is 2.51. The van der Waals surface area contributed by atoms with E-state index in [2.05, 4.69) is 20.5 Å². The third kappa shape index (κ3) is 2.79. The lowest BCUT2D eigenvalue weighted by molar-refractivity contribution is 0.626. The number of nitrogens with zero attached hydrogens (tertiary/aromatic N) is 2. The van der Waals surface area contributed by atoms with Gasteiger partial charge in [-0.2, -0.15) is 5.10 Å². The fraction of sp³-hybridized carbons (Fsp3) is 0. The van der Waals surface area contributed by atoms with E-state index in [1.54, 1.807) is 42.5 Å². The second kappa shape index (κ2) is 5.54. The van der Waals surface area contributed by atoms with Crippen LogP contribution in [-0.4, -0.2) is 16.2 Å². The highest BCUT2D eigenvalue weighted by atomic mass is 19.1. The lowest BCUT2D eigenvalue weighted by Crippen LogP contribution is -2.11. The van der Waals surface area contributed by atoms with Gasteiger partial charge in [-0.15, -0.1) is 0 Å². The van der Waals surface area contributed by atoms with Gasteiger partial charge in [0.15, 0.2) is 0 Å². The van der Waals surface area contributed by atoms with E-state index >= 15 is 0 Å². The van der Waals surface area contributed by atoms with E-state index in [1.807, 2.05) is 0 Å². The van der Waals surface area contributed by atoms with Crippen LogP contribution in [0.3, 0.4) is 0 Å².